The van der Waals surface area contributed by atoms with Crippen molar-refractivity contribution < 1.29 is 0 Å². The third kappa shape index (κ3) is 3.60. The van der Waals surface area contributed by atoms with E-state index in [1.54, 1.807) is 0 Å². The zero-order valence-corrected chi connectivity index (χ0v) is 13.4. The molecule has 1 N–H and O–H groups in total. The van der Waals surface area contributed by atoms with Crippen LogP contribution in [0.3, 0.4) is 0 Å². The first-order valence-corrected chi connectivity index (χ1v) is 8.47. The highest BCUT2D eigenvalue weighted by Gasteiger charge is 2.26. The molecule has 4 nitrogen and oxygen atoms in total. The van der Waals surface area contributed by atoms with Crippen molar-refractivity contribution >= 4 is 0 Å². The highest BCUT2D eigenvalue weighted by molar-refractivity contribution is 4.97. The van der Waals surface area contributed by atoms with E-state index in [0.29, 0.717) is 12.1 Å². The molecule has 4 heteroatoms. The molecule has 2 unspecified atom stereocenters. The molecule has 20 heavy (non-hydrogen) atoms. The Morgan fingerprint density at radius 1 is 1.05 bits per heavy atom. The van der Waals surface area contributed by atoms with Crippen LogP contribution in [0.1, 0.15) is 77.0 Å². The second kappa shape index (κ2) is 7.77. The minimum absolute atomic E-state index is 0.484. The smallest absolute Gasteiger partial charge is 0.150 e. The van der Waals surface area contributed by atoms with Crippen molar-refractivity contribution in [3.8, 4) is 0 Å². The van der Waals surface area contributed by atoms with Crippen molar-refractivity contribution in [2.24, 2.45) is 0 Å². The van der Waals surface area contributed by atoms with Crippen LogP contribution in [0.25, 0.3) is 0 Å². The minimum atomic E-state index is 0.484. The van der Waals surface area contributed by atoms with Gasteiger partial charge in [-0.1, -0.05) is 46.5 Å². The summed E-state index contributed by atoms with van der Waals surface area (Å²) in [6.45, 7) is 7.57. The van der Waals surface area contributed by atoms with Crippen molar-refractivity contribution in [3.63, 3.8) is 0 Å². The van der Waals surface area contributed by atoms with Gasteiger partial charge in [-0.3, -0.25) is 0 Å². The first-order chi connectivity index (χ1) is 9.80. The molecule has 0 aromatic carbocycles. The van der Waals surface area contributed by atoms with Crippen LogP contribution in [0.4, 0.5) is 0 Å². The molecule has 1 aliphatic carbocycles. The Balaban J connectivity index is 2.25. The molecule has 114 valence electrons. The highest BCUT2D eigenvalue weighted by Crippen LogP contribution is 2.27. The topological polar surface area (TPSA) is 42.7 Å². The van der Waals surface area contributed by atoms with Crippen molar-refractivity contribution in [2.45, 2.75) is 84.2 Å². The van der Waals surface area contributed by atoms with E-state index in [1.165, 1.54) is 38.5 Å². The van der Waals surface area contributed by atoms with Crippen LogP contribution in [0.15, 0.2) is 0 Å². The molecule has 1 saturated carbocycles. The summed E-state index contributed by atoms with van der Waals surface area (Å²) in [5.74, 6) is 2.16. The number of nitrogens with zero attached hydrogens (tertiary/aromatic N) is 3. The fourth-order valence-electron chi connectivity index (χ4n) is 3.32. The average Bonchev–Trinajstić information content (AvgIpc) is 2.85. The second-order valence-corrected chi connectivity index (χ2v) is 5.82. The monoisotopic (exact) mass is 278 g/mol. The number of hydrogen-bond donors (Lipinski definition) is 1. The highest BCUT2D eigenvalue weighted by atomic mass is 15.4. The third-order valence-electron chi connectivity index (χ3n) is 4.39. The number of nitrogens with one attached hydrogen (secondary N) is 1. The summed E-state index contributed by atoms with van der Waals surface area (Å²) in [6.07, 6.45) is 9.81. The zero-order chi connectivity index (χ0) is 14.4. The van der Waals surface area contributed by atoms with E-state index in [0.717, 1.165) is 31.0 Å². The predicted octanol–water partition coefficient (Wildman–Crippen LogP) is 3.28. The summed E-state index contributed by atoms with van der Waals surface area (Å²) >= 11 is 0. The molecule has 0 spiro atoms. The van der Waals surface area contributed by atoms with Crippen molar-refractivity contribution in [2.75, 3.05) is 6.54 Å². The summed E-state index contributed by atoms with van der Waals surface area (Å²) < 4.78 is 2.25. The molecule has 1 aliphatic rings. The van der Waals surface area contributed by atoms with Gasteiger partial charge in [0, 0.05) is 18.9 Å². The molecule has 1 aromatic heterocycles. The van der Waals surface area contributed by atoms with Gasteiger partial charge in [-0.2, -0.15) is 5.10 Å². The van der Waals surface area contributed by atoms with Crippen LogP contribution in [-0.2, 0) is 12.8 Å². The van der Waals surface area contributed by atoms with Gasteiger partial charge in [0.15, 0.2) is 5.82 Å². The quantitative estimate of drug-likeness (QED) is 0.899. The van der Waals surface area contributed by atoms with Crippen LogP contribution in [0.2, 0.25) is 0 Å². The fourth-order valence-corrected chi connectivity index (χ4v) is 3.32. The zero-order valence-electron chi connectivity index (χ0n) is 13.4. The summed E-state index contributed by atoms with van der Waals surface area (Å²) in [6, 6.07) is 1.04. The first kappa shape index (κ1) is 15.5. The van der Waals surface area contributed by atoms with Gasteiger partial charge in [-0.05, 0) is 19.4 Å². The molecule has 0 saturated heterocycles. The molecule has 1 heterocycles. The molecule has 2 atom stereocenters. The van der Waals surface area contributed by atoms with Gasteiger partial charge in [0.05, 0.1) is 6.04 Å². The summed E-state index contributed by atoms with van der Waals surface area (Å²) in [5.41, 5.74) is 0. The molecule has 1 aromatic rings. The molecule has 0 radical (unpaired) electrons. The van der Waals surface area contributed by atoms with Crippen LogP contribution in [-0.4, -0.2) is 27.4 Å². The molecular weight excluding hydrogens is 248 g/mol. The van der Waals surface area contributed by atoms with E-state index in [4.69, 9.17) is 10.1 Å². The Morgan fingerprint density at radius 3 is 2.45 bits per heavy atom. The van der Waals surface area contributed by atoms with Crippen molar-refractivity contribution in [3.05, 3.63) is 11.6 Å². The maximum Gasteiger partial charge on any atom is 0.150 e. The largest absolute Gasteiger partial charge is 0.312 e. The molecular formula is C16H30N4. The van der Waals surface area contributed by atoms with Crippen LogP contribution >= 0.6 is 0 Å². The maximum atomic E-state index is 4.79. The first-order valence-electron chi connectivity index (χ1n) is 8.47. The van der Waals surface area contributed by atoms with E-state index in [9.17, 15) is 0 Å². The number of aryl methyl sites for hydroxylation is 2. The summed E-state index contributed by atoms with van der Waals surface area (Å²) in [7, 11) is 0. The van der Waals surface area contributed by atoms with Crippen molar-refractivity contribution in [1.29, 1.82) is 0 Å². The number of rotatable bonds is 5. The molecule has 2 rings (SSSR count). The van der Waals surface area contributed by atoms with Gasteiger partial charge >= 0.3 is 0 Å². The molecule has 1 fully saturated rings. The maximum absolute atomic E-state index is 4.79. The lowest BCUT2D eigenvalue weighted by molar-refractivity contribution is 0.263. The third-order valence-corrected chi connectivity index (χ3v) is 4.39. The molecule has 0 bridgehead atoms. The summed E-state index contributed by atoms with van der Waals surface area (Å²) in [4.78, 5) is 4.70. The summed E-state index contributed by atoms with van der Waals surface area (Å²) in [5, 5.41) is 8.48. The normalized spacial score (nSPS) is 24.4. The minimum Gasteiger partial charge on any atom is -0.312 e. The van der Waals surface area contributed by atoms with E-state index in [-0.39, 0.29) is 0 Å². The number of likely N-dealkylation sites (N-methyl/N-ethyl adjacent to an activating group) is 1. The SMILES string of the molecule is CCNC1CCCCCCC1n1nc(CC)nc1CC. The van der Waals surface area contributed by atoms with Gasteiger partial charge in [-0.25, -0.2) is 9.67 Å². The second-order valence-electron chi connectivity index (χ2n) is 5.82. The Labute approximate surface area is 123 Å². The van der Waals surface area contributed by atoms with Crippen LogP contribution in [0.5, 0.6) is 0 Å². The van der Waals surface area contributed by atoms with Gasteiger partial charge in [-0.15, -0.1) is 0 Å². The molecule has 0 amide bonds. The standard InChI is InChI=1S/C16H30N4/c1-4-15-18-16(5-2)20(19-15)14-12-10-8-7-9-11-13(14)17-6-3/h13-14,17H,4-12H2,1-3H3. The Bertz CT molecular complexity index is 399. The van der Waals surface area contributed by atoms with E-state index in [1.807, 2.05) is 0 Å². The van der Waals surface area contributed by atoms with E-state index in [2.05, 4.69) is 30.8 Å². The lowest BCUT2D eigenvalue weighted by Crippen LogP contribution is -2.39. The van der Waals surface area contributed by atoms with Crippen molar-refractivity contribution in [1.82, 2.24) is 20.1 Å². The van der Waals surface area contributed by atoms with E-state index < -0.39 is 0 Å². The fraction of sp³-hybridized carbons (Fsp3) is 0.875. The molecule has 0 aliphatic heterocycles. The number of hydrogen-bond acceptors (Lipinski definition) is 3. The lowest BCUT2D eigenvalue weighted by Gasteiger charge is -2.30. The Kier molecular flexibility index (Phi) is 6.02. The van der Waals surface area contributed by atoms with Crippen LogP contribution < -0.4 is 5.32 Å². The van der Waals surface area contributed by atoms with Gasteiger partial charge < -0.3 is 5.32 Å². The average molecular weight is 278 g/mol. The van der Waals surface area contributed by atoms with Gasteiger partial charge in [0.25, 0.3) is 0 Å². The van der Waals surface area contributed by atoms with Gasteiger partial charge in [0.1, 0.15) is 5.82 Å². The number of aromatic nitrogens is 3. The van der Waals surface area contributed by atoms with E-state index >= 15 is 0 Å². The predicted molar refractivity (Wildman–Crippen MR) is 83.0 cm³/mol. The van der Waals surface area contributed by atoms with Crippen LogP contribution in [0, 0.1) is 0 Å². The van der Waals surface area contributed by atoms with Gasteiger partial charge in [0.2, 0.25) is 0 Å². The lowest BCUT2D eigenvalue weighted by atomic mass is 9.92. The Morgan fingerprint density at radius 2 is 1.80 bits per heavy atom. The Hall–Kier alpha value is -0.900.